The Hall–Kier alpha value is 0.0197. The van der Waals surface area contributed by atoms with Crippen LogP contribution in [0, 0.1) is 0 Å². The molecule has 0 radical (unpaired) electrons. The van der Waals surface area contributed by atoms with Crippen molar-refractivity contribution in [3.63, 3.8) is 0 Å². The molecule has 0 saturated carbocycles. The molecule has 0 unspecified atom stereocenters. The number of carboxylic acids is 1. The summed E-state index contributed by atoms with van der Waals surface area (Å²) in [4.78, 5) is 10.6. The zero-order chi connectivity index (χ0) is 8.58. The summed E-state index contributed by atoms with van der Waals surface area (Å²) in [6.45, 7) is 0. The van der Waals surface area contributed by atoms with Crippen LogP contribution in [0.2, 0.25) is 5.21 Å². The van der Waals surface area contributed by atoms with Gasteiger partial charge in [0, 0.05) is 5.21 Å². The lowest BCUT2D eigenvalue weighted by Gasteiger charge is -2.32. The van der Waals surface area contributed by atoms with Crippen molar-refractivity contribution in [1.29, 1.82) is 0 Å². The van der Waals surface area contributed by atoms with Crippen LogP contribution in [-0.2, 0) is 4.79 Å². The lowest BCUT2D eigenvalue weighted by molar-refractivity contribution is -0.138. The lowest BCUT2D eigenvalue weighted by atomic mass is 9.38. The van der Waals surface area contributed by atoms with Gasteiger partial charge in [0.15, 0.2) is 0 Å². The molecule has 0 aromatic rings. The van der Waals surface area contributed by atoms with Crippen LogP contribution in [0.1, 0.15) is 0 Å². The molecule has 0 aliphatic rings. The first-order valence-corrected chi connectivity index (χ1v) is 3.49. The van der Waals surface area contributed by atoms with Crippen molar-refractivity contribution in [2.24, 2.45) is 0 Å². The summed E-state index contributed by atoms with van der Waals surface area (Å²) in [6.07, 6.45) is 0. The van der Waals surface area contributed by atoms with E-state index in [9.17, 15) is 4.79 Å². The Balaban J connectivity index is 4.57. The normalized spacial score (nSPS) is 12.9. The van der Waals surface area contributed by atoms with Crippen molar-refractivity contribution < 1.29 is 9.90 Å². The molecule has 0 fully saturated rings. The summed E-state index contributed by atoms with van der Waals surface area (Å²) in [6, 6.07) is 0. The molecule has 1 N–H and O–H groups in total. The molecular weight excluding hydrogens is 147 g/mol. The van der Waals surface area contributed by atoms with Crippen LogP contribution in [0.25, 0.3) is 0 Å². The molecule has 0 bridgehead atoms. The molecule has 0 aromatic heterocycles. The van der Waals surface area contributed by atoms with Crippen LogP contribution in [0.3, 0.4) is 0 Å². The zero-order valence-electron chi connectivity index (χ0n) is 6.73. The van der Waals surface area contributed by atoms with Crippen molar-refractivity contribution >= 4 is 49.0 Å². The first kappa shape index (κ1) is 10.0. The molecule has 0 heterocycles. The highest BCUT2D eigenvalue weighted by atomic mass is 35.5. The fourth-order valence-corrected chi connectivity index (χ4v) is 0.335. The van der Waals surface area contributed by atoms with E-state index in [0.717, 1.165) is 0 Å². The monoisotopic (exact) mass is 156 g/mol. The number of hydrogen-bond acceptors (Lipinski definition) is 1. The van der Waals surface area contributed by atoms with Crippen LogP contribution in [0.15, 0.2) is 0 Å². The van der Waals surface area contributed by atoms with Crippen molar-refractivity contribution in [3.8, 4) is 0 Å². The number of carboxylic acid groups (broad SMARTS) is 1. The Bertz CT molecular complexity index is 151. The van der Waals surface area contributed by atoms with Gasteiger partial charge in [0.05, 0.1) is 0 Å². The molecular formula is C3H9B4ClO2. The number of alkyl halides is 1. The number of halogens is 1. The van der Waals surface area contributed by atoms with Crippen LogP contribution in [0.4, 0.5) is 0 Å². The first-order valence-electron chi connectivity index (χ1n) is 3.12. The van der Waals surface area contributed by atoms with Gasteiger partial charge in [-0.1, -0.05) is 0 Å². The third-order valence-electron chi connectivity index (χ3n) is 2.02. The molecule has 0 aromatic carbocycles. The topological polar surface area (TPSA) is 37.3 Å². The van der Waals surface area contributed by atoms with Gasteiger partial charge in [-0.15, -0.1) is 11.6 Å². The highest BCUT2D eigenvalue weighted by molar-refractivity contribution is 6.73. The highest BCUT2D eigenvalue weighted by Crippen LogP contribution is 2.32. The Morgan fingerprint density at radius 2 is 1.60 bits per heavy atom. The molecule has 0 aliphatic heterocycles. The van der Waals surface area contributed by atoms with Gasteiger partial charge in [-0.05, 0) is 4.67 Å². The predicted octanol–water partition coefficient (Wildman–Crippen LogP) is -3.39. The second kappa shape index (κ2) is 2.57. The minimum absolute atomic E-state index is 0.709. The van der Waals surface area contributed by atoms with E-state index in [2.05, 4.69) is 0 Å². The molecule has 52 valence electrons. The number of hydrogen-bond donors (Lipinski definition) is 1. The van der Waals surface area contributed by atoms with E-state index in [1.807, 2.05) is 0 Å². The number of carbonyl (C=O) groups is 1. The second-order valence-electron chi connectivity index (χ2n) is 3.40. The average Bonchev–Trinajstić information content (AvgIpc) is 1.62. The van der Waals surface area contributed by atoms with Gasteiger partial charge in [0.2, 0.25) is 0 Å². The third-order valence-corrected chi connectivity index (χ3v) is 2.49. The molecule has 0 spiro atoms. The van der Waals surface area contributed by atoms with E-state index in [1.165, 1.54) is 0 Å². The Morgan fingerprint density at radius 3 is 1.60 bits per heavy atom. The van der Waals surface area contributed by atoms with Gasteiger partial charge < -0.3 is 5.11 Å². The molecule has 0 rings (SSSR count). The minimum atomic E-state index is -0.880. The maximum absolute atomic E-state index is 10.6. The summed E-state index contributed by atoms with van der Waals surface area (Å²) in [5, 5.41) is 7.81. The predicted molar refractivity (Wildman–Crippen MR) is 53.1 cm³/mol. The summed E-state index contributed by atoms with van der Waals surface area (Å²) < 4.78 is -0.709. The van der Waals surface area contributed by atoms with Gasteiger partial charge in [0.25, 0.3) is 5.97 Å². The van der Waals surface area contributed by atoms with Crippen LogP contribution in [-0.4, -0.2) is 47.1 Å². The number of aliphatic carboxylic acids is 1. The van der Waals surface area contributed by atoms with E-state index in [-0.39, 0.29) is 0 Å². The van der Waals surface area contributed by atoms with Gasteiger partial charge >= 0.3 is 0 Å². The maximum atomic E-state index is 10.6. The van der Waals surface area contributed by atoms with Gasteiger partial charge in [-0.2, -0.15) is 0 Å². The van der Waals surface area contributed by atoms with Crippen LogP contribution in [0.5, 0.6) is 0 Å². The highest BCUT2D eigenvalue weighted by Gasteiger charge is 2.40. The van der Waals surface area contributed by atoms with Crippen LogP contribution >= 0.6 is 11.6 Å². The van der Waals surface area contributed by atoms with Crippen molar-refractivity contribution in [1.82, 2.24) is 0 Å². The summed E-state index contributed by atoms with van der Waals surface area (Å²) in [5.74, 6) is -0.868. The Morgan fingerprint density at radius 1 is 1.30 bits per heavy atom. The first-order chi connectivity index (χ1) is 4.19. The largest absolute Gasteiger partial charge is 0.482 e. The molecule has 2 nitrogen and oxygen atoms in total. The quantitative estimate of drug-likeness (QED) is 0.334. The SMILES string of the molecule is BC(B)(Cl)C(B)(B)C(=O)O. The zero-order valence-corrected chi connectivity index (χ0v) is 7.49. The summed E-state index contributed by atoms with van der Waals surface area (Å²) >= 11 is 5.84. The van der Waals surface area contributed by atoms with Gasteiger partial charge in [-0.25, -0.2) is 0 Å². The van der Waals surface area contributed by atoms with Crippen LogP contribution < -0.4 is 0 Å². The van der Waals surface area contributed by atoms with Crippen molar-refractivity contribution in [2.45, 2.75) is 9.89 Å². The molecule has 0 atom stereocenters. The molecule has 7 heteroatoms. The lowest BCUT2D eigenvalue weighted by Crippen LogP contribution is -2.45. The molecule has 0 amide bonds. The molecule has 10 heavy (non-hydrogen) atoms. The van der Waals surface area contributed by atoms with E-state index >= 15 is 0 Å². The van der Waals surface area contributed by atoms with Gasteiger partial charge in [0.1, 0.15) is 31.4 Å². The summed E-state index contributed by atoms with van der Waals surface area (Å²) in [7, 11) is 6.62. The smallest absolute Gasteiger partial charge is 0.293 e. The number of rotatable bonds is 2. The Labute approximate surface area is 69.3 Å². The fourth-order valence-electron chi connectivity index (χ4n) is 0.254. The molecule has 0 aliphatic carbocycles. The van der Waals surface area contributed by atoms with Crippen molar-refractivity contribution in [3.05, 3.63) is 0 Å². The second-order valence-corrected chi connectivity index (χ2v) is 4.35. The fraction of sp³-hybridized carbons (Fsp3) is 0.667. The minimum Gasteiger partial charge on any atom is -0.482 e. The molecule has 0 saturated heterocycles. The van der Waals surface area contributed by atoms with E-state index in [0.29, 0.717) is 0 Å². The standard InChI is InChI=1S/C3H9B4ClO2/c4-2(5,1(9)10)3(6,7)8/h4-7H2,(H,9,10). The van der Waals surface area contributed by atoms with E-state index in [4.69, 9.17) is 16.7 Å². The maximum Gasteiger partial charge on any atom is 0.293 e. The van der Waals surface area contributed by atoms with E-state index < -0.39 is 15.9 Å². The average molecular weight is 156 g/mol. The van der Waals surface area contributed by atoms with Gasteiger partial charge in [-0.3, -0.25) is 4.79 Å². The van der Waals surface area contributed by atoms with E-state index in [1.54, 1.807) is 31.4 Å². The third kappa shape index (κ3) is 1.75. The summed E-state index contributed by atoms with van der Waals surface area (Å²) in [5.41, 5.74) is 0. The Kier molecular flexibility index (Phi) is 2.58. The van der Waals surface area contributed by atoms with Crippen molar-refractivity contribution in [2.75, 3.05) is 0 Å².